The van der Waals surface area contributed by atoms with Crippen LogP contribution in [0.3, 0.4) is 0 Å². The number of aliphatic hydroxyl groups is 1. The molecule has 1 aliphatic carbocycles. The van der Waals surface area contributed by atoms with Gasteiger partial charge in [-0.1, -0.05) is 24.3 Å². The summed E-state index contributed by atoms with van der Waals surface area (Å²) in [6.45, 7) is 1.29. The number of unbranched alkanes of at least 4 members (excludes halogenated alkanes) is 2. The summed E-state index contributed by atoms with van der Waals surface area (Å²) in [5.41, 5.74) is 4.25. The summed E-state index contributed by atoms with van der Waals surface area (Å²) in [4.78, 5) is 0. The van der Waals surface area contributed by atoms with Gasteiger partial charge < -0.3 is 10.4 Å². The van der Waals surface area contributed by atoms with Crippen molar-refractivity contribution < 1.29 is 5.11 Å². The van der Waals surface area contributed by atoms with Crippen molar-refractivity contribution in [3.63, 3.8) is 0 Å². The normalized spacial score (nSPS) is 13.1. The molecular formula is C17H21NO. The van der Waals surface area contributed by atoms with Crippen LogP contribution in [0.4, 0.5) is 5.69 Å². The van der Waals surface area contributed by atoms with Gasteiger partial charge in [0.05, 0.1) is 0 Å². The van der Waals surface area contributed by atoms with E-state index in [1.807, 2.05) is 0 Å². The zero-order valence-electron chi connectivity index (χ0n) is 11.3. The Hall–Kier alpha value is -1.54. The lowest BCUT2D eigenvalue weighted by Crippen LogP contribution is -2.02. The Morgan fingerprint density at radius 1 is 0.947 bits per heavy atom. The minimum Gasteiger partial charge on any atom is -0.396 e. The van der Waals surface area contributed by atoms with Crippen molar-refractivity contribution in [2.24, 2.45) is 0 Å². The molecule has 0 aromatic heterocycles. The third-order valence-electron chi connectivity index (χ3n) is 4.03. The Labute approximate surface area is 114 Å². The summed E-state index contributed by atoms with van der Waals surface area (Å²) in [5, 5.41) is 15.2. The molecule has 1 aliphatic rings. The highest BCUT2D eigenvalue weighted by Gasteiger charge is 2.15. The third-order valence-corrected chi connectivity index (χ3v) is 4.03. The molecule has 0 atom stereocenters. The van der Waals surface area contributed by atoms with Crippen molar-refractivity contribution in [1.29, 1.82) is 0 Å². The zero-order valence-corrected chi connectivity index (χ0v) is 11.3. The molecular weight excluding hydrogens is 234 g/mol. The number of nitrogens with one attached hydrogen (secondary N) is 1. The van der Waals surface area contributed by atoms with E-state index in [-0.39, 0.29) is 0 Å². The van der Waals surface area contributed by atoms with Crippen LogP contribution in [0, 0.1) is 0 Å². The Morgan fingerprint density at radius 3 is 2.63 bits per heavy atom. The highest BCUT2D eigenvalue weighted by molar-refractivity contribution is 5.99. The SMILES string of the molecule is OCCCCCNc1ccc2c3c(cccc13)CC2. The fourth-order valence-electron chi connectivity index (χ4n) is 3.04. The van der Waals surface area contributed by atoms with E-state index in [1.165, 1.54) is 40.4 Å². The van der Waals surface area contributed by atoms with Crippen LogP contribution in [0.1, 0.15) is 30.4 Å². The summed E-state index contributed by atoms with van der Waals surface area (Å²) in [6, 6.07) is 11.1. The van der Waals surface area contributed by atoms with E-state index in [4.69, 9.17) is 5.11 Å². The number of anilines is 1. The highest BCUT2D eigenvalue weighted by atomic mass is 16.2. The van der Waals surface area contributed by atoms with Gasteiger partial charge in [0.2, 0.25) is 0 Å². The third kappa shape index (κ3) is 2.45. The minimum absolute atomic E-state index is 0.307. The van der Waals surface area contributed by atoms with E-state index in [1.54, 1.807) is 0 Å². The van der Waals surface area contributed by atoms with Gasteiger partial charge in [-0.15, -0.1) is 0 Å². The first-order chi connectivity index (χ1) is 9.40. The molecule has 2 nitrogen and oxygen atoms in total. The van der Waals surface area contributed by atoms with E-state index in [0.717, 1.165) is 25.8 Å². The monoisotopic (exact) mass is 255 g/mol. The van der Waals surface area contributed by atoms with Crippen LogP contribution in [0.5, 0.6) is 0 Å². The summed E-state index contributed by atoms with van der Waals surface area (Å²) in [7, 11) is 0. The topological polar surface area (TPSA) is 32.3 Å². The lowest BCUT2D eigenvalue weighted by Gasteiger charge is -2.11. The first kappa shape index (κ1) is 12.5. The van der Waals surface area contributed by atoms with Gasteiger partial charge in [0.1, 0.15) is 0 Å². The Balaban J connectivity index is 1.78. The number of aliphatic hydroxyl groups excluding tert-OH is 1. The quantitative estimate of drug-likeness (QED) is 0.774. The molecule has 2 N–H and O–H groups in total. The zero-order chi connectivity index (χ0) is 13.1. The van der Waals surface area contributed by atoms with Crippen LogP contribution in [-0.2, 0) is 12.8 Å². The van der Waals surface area contributed by atoms with Gasteiger partial charge in [-0.2, -0.15) is 0 Å². The van der Waals surface area contributed by atoms with Gasteiger partial charge in [0.25, 0.3) is 0 Å². The molecule has 0 amide bonds. The molecule has 0 fully saturated rings. The van der Waals surface area contributed by atoms with Crippen LogP contribution in [-0.4, -0.2) is 18.3 Å². The average molecular weight is 255 g/mol. The summed E-state index contributed by atoms with van der Waals surface area (Å²) in [6.07, 6.45) is 5.49. The van der Waals surface area contributed by atoms with Crippen LogP contribution in [0.25, 0.3) is 10.8 Å². The number of rotatable bonds is 6. The highest BCUT2D eigenvalue weighted by Crippen LogP contribution is 2.34. The summed E-state index contributed by atoms with van der Waals surface area (Å²) >= 11 is 0. The molecule has 0 unspecified atom stereocenters. The van der Waals surface area contributed by atoms with E-state index >= 15 is 0 Å². The molecule has 2 aromatic rings. The van der Waals surface area contributed by atoms with E-state index in [9.17, 15) is 0 Å². The molecule has 3 rings (SSSR count). The van der Waals surface area contributed by atoms with Crippen LogP contribution < -0.4 is 5.32 Å². The second kappa shape index (κ2) is 5.62. The van der Waals surface area contributed by atoms with Gasteiger partial charge in [-0.3, -0.25) is 0 Å². The lowest BCUT2D eigenvalue weighted by molar-refractivity contribution is 0.283. The van der Waals surface area contributed by atoms with Gasteiger partial charge in [0.15, 0.2) is 0 Å². The number of hydrogen-bond acceptors (Lipinski definition) is 2. The van der Waals surface area contributed by atoms with Crippen LogP contribution in [0.15, 0.2) is 30.3 Å². The van der Waals surface area contributed by atoms with E-state index in [0.29, 0.717) is 6.61 Å². The largest absolute Gasteiger partial charge is 0.396 e. The van der Waals surface area contributed by atoms with Gasteiger partial charge in [-0.05, 0) is 54.7 Å². The Morgan fingerprint density at radius 2 is 1.79 bits per heavy atom. The maximum absolute atomic E-state index is 8.77. The predicted octanol–water partition coefficient (Wildman–Crippen LogP) is 3.51. The maximum Gasteiger partial charge on any atom is 0.0431 e. The van der Waals surface area contributed by atoms with Crippen molar-refractivity contribution in [2.45, 2.75) is 32.1 Å². The smallest absolute Gasteiger partial charge is 0.0431 e. The molecule has 0 saturated heterocycles. The Bertz CT molecular complexity index is 566. The molecule has 0 aliphatic heterocycles. The predicted molar refractivity (Wildman–Crippen MR) is 80.8 cm³/mol. The maximum atomic E-state index is 8.77. The minimum atomic E-state index is 0.307. The number of hydrogen-bond donors (Lipinski definition) is 2. The van der Waals surface area contributed by atoms with Crippen molar-refractivity contribution in [2.75, 3.05) is 18.5 Å². The van der Waals surface area contributed by atoms with Crippen molar-refractivity contribution in [3.05, 3.63) is 41.5 Å². The molecule has 19 heavy (non-hydrogen) atoms. The number of aryl methyl sites for hydroxylation is 2. The molecule has 0 heterocycles. The van der Waals surface area contributed by atoms with E-state index < -0.39 is 0 Å². The van der Waals surface area contributed by atoms with Crippen molar-refractivity contribution in [1.82, 2.24) is 0 Å². The second-order valence-corrected chi connectivity index (χ2v) is 5.32. The molecule has 0 saturated carbocycles. The van der Waals surface area contributed by atoms with Gasteiger partial charge >= 0.3 is 0 Å². The summed E-state index contributed by atoms with van der Waals surface area (Å²) < 4.78 is 0. The van der Waals surface area contributed by atoms with Gasteiger partial charge in [0, 0.05) is 24.2 Å². The Kier molecular flexibility index (Phi) is 3.69. The second-order valence-electron chi connectivity index (χ2n) is 5.32. The average Bonchev–Trinajstić information content (AvgIpc) is 2.86. The molecule has 0 radical (unpaired) electrons. The first-order valence-corrected chi connectivity index (χ1v) is 7.28. The van der Waals surface area contributed by atoms with Crippen molar-refractivity contribution in [3.8, 4) is 0 Å². The first-order valence-electron chi connectivity index (χ1n) is 7.28. The van der Waals surface area contributed by atoms with Crippen LogP contribution in [0.2, 0.25) is 0 Å². The standard InChI is InChI=1S/C17H21NO/c19-12-3-1-2-11-18-16-10-9-14-8-7-13-5-4-6-15(16)17(13)14/h4-6,9-10,18-19H,1-3,7-8,11-12H2. The molecule has 2 heteroatoms. The molecule has 0 spiro atoms. The molecule has 2 aromatic carbocycles. The van der Waals surface area contributed by atoms with Crippen LogP contribution >= 0.6 is 0 Å². The van der Waals surface area contributed by atoms with E-state index in [2.05, 4.69) is 35.6 Å². The molecule has 0 bridgehead atoms. The molecule has 100 valence electrons. The van der Waals surface area contributed by atoms with Crippen molar-refractivity contribution >= 4 is 16.5 Å². The lowest BCUT2D eigenvalue weighted by atomic mass is 10.0. The number of benzene rings is 2. The fraction of sp³-hybridized carbons (Fsp3) is 0.412. The fourth-order valence-corrected chi connectivity index (χ4v) is 3.04. The van der Waals surface area contributed by atoms with Gasteiger partial charge in [-0.25, -0.2) is 0 Å². The summed E-state index contributed by atoms with van der Waals surface area (Å²) in [5.74, 6) is 0.